The molecule has 47 heavy (non-hydrogen) atoms. The SMILES string of the molecule is C=Cc1ccc(COc2ccc(C(c3ccc(OCc4ccc(C(=C)C)c(C(F)(F)F)c4)cc3)(C(F)(F)F)C(F)(F)F)cc2)cc1C. The summed E-state index contributed by atoms with van der Waals surface area (Å²) >= 11 is 0. The first-order valence-electron chi connectivity index (χ1n) is 14.1. The Morgan fingerprint density at radius 3 is 1.49 bits per heavy atom. The average Bonchev–Trinajstić information content (AvgIpc) is 2.98. The van der Waals surface area contributed by atoms with Crippen molar-refractivity contribution in [3.05, 3.63) is 143 Å². The van der Waals surface area contributed by atoms with E-state index in [1.807, 2.05) is 19.1 Å². The minimum Gasteiger partial charge on any atom is -0.489 e. The maximum absolute atomic E-state index is 14.6. The van der Waals surface area contributed by atoms with Gasteiger partial charge in [-0.25, -0.2) is 0 Å². The number of rotatable bonds is 10. The molecule has 0 spiro atoms. The monoisotopic (exact) mass is 664 g/mol. The summed E-state index contributed by atoms with van der Waals surface area (Å²) in [5.74, 6) is -0.0872. The highest BCUT2D eigenvalue weighted by atomic mass is 19.4. The van der Waals surface area contributed by atoms with Gasteiger partial charge in [0.25, 0.3) is 0 Å². The molecule has 0 N–H and O–H groups in total. The topological polar surface area (TPSA) is 18.5 Å². The Labute approximate surface area is 265 Å². The lowest BCUT2D eigenvalue weighted by molar-refractivity contribution is -0.288. The molecule has 0 aliphatic heterocycles. The van der Waals surface area contributed by atoms with Crippen LogP contribution in [0.4, 0.5) is 39.5 Å². The van der Waals surface area contributed by atoms with Crippen molar-refractivity contribution < 1.29 is 49.0 Å². The molecule has 11 heteroatoms. The maximum atomic E-state index is 14.6. The van der Waals surface area contributed by atoms with Crippen molar-refractivity contribution in [1.29, 1.82) is 0 Å². The third-order valence-electron chi connectivity index (χ3n) is 7.64. The summed E-state index contributed by atoms with van der Waals surface area (Å²) in [5, 5.41) is 0. The zero-order chi connectivity index (χ0) is 34.8. The summed E-state index contributed by atoms with van der Waals surface area (Å²) in [6, 6.07) is 15.5. The van der Waals surface area contributed by atoms with Crippen LogP contribution >= 0.6 is 0 Å². The second-order valence-electron chi connectivity index (χ2n) is 10.9. The molecule has 0 amide bonds. The number of hydrogen-bond donors (Lipinski definition) is 0. The van der Waals surface area contributed by atoms with Gasteiger partial charge in [-0.15, -0.1) is 0 Å². The highest BCUT2D eigenvalue weighted by Gasteiger charge is 2.72. The van der Waals surface area contributed by atoms with E-state index in [1.54, 1.807) is 12.1 Å². The molecule has 0 fully saturated rings. The van der Waals surface area contributed by atoms with Crippen molar-refractivity contribution in [2.45, 2.75) is 51.0 Å². The molecule has 0 heterocycles. The number of allylic oxidation sites excluding steroid dienone is 1. The van der Waals surface area contributed by atoms with E-state index in [0.717, 1.165) is 59.2 Å². The summed E-state index contributed by atoms with van der Waals surface area (Å²) in [6.45, 7) is 10.1. The molecule has 0 unspecified atom stereocenters. The fraction of sp³-hybridized carbons (Fsp3) is 0.222. The molecule has 0 radical (unpaired) electrons. The Morgan fingerprint density at radius 2 is 1.11 bits per heavy atom. The van der Waals surface area contributed by atoms with E-state index in [4.69, 9.17) is 9.47 Å². The number of aryl methyl sites for hydroxylation is 1. The summed E-state index contributed by atoms with van der Waals surface area (Å²) in [5.41, 5.74) is -4.85. The number of alkyl halides is 9. The fourth-order valence-electron chi connectivity index (χ4n) is 5.26. The first-order chi connectivity index (χ1) is 21.9. The van der Waals surface area contributed by atoms with E-state index >= 15 is 0 Å². The van der Waals surface area contributed by atoms with Crippen LogP contribution in [-0.4, -0.2) is 12.4 Å². The zero-order valence-corrected chi connectivity index (χ0v) is 25.2. The summed E-state index contributed by atoms with van der Waals surface area (Å²) < 4.78 is 139. The zero-order valence-electron chi connectivity index (χ0n) is 25.2. The molecule has 4 aromatic carbocycles. The van der Waals surface area contributed by atoms with Crippen LogP contribution in [0.25, 0.3) is 11.6 Å². The lowest BCUT2D eigenvalue weighted by Crippen LogP contribution is -2.54. The van der Waals surface area contributed by atoms with E-state index in [0.29, 0.717) is 12.1 Å². The quantitative estimate of drug-likeness (QED) is 0.157. The molecular weight excluding hydrogens is 635 g/mol. The van der Waals surface area contributed by atoms with Crippen molar-refractivity contribution in [1.82, 2.24) is 0 Å². The Morgan fingerprint density at radius 1 is 0.660 bits per heavy atom. The van der Waals surface area contributed by atoms with Gasteiger partial charge in [0.2, 0.25) is 5.41 Å². The van der Waals surface area contributed by atoms with E-state index in [-0.39, 0.29) is 34.8 Å². The van der Waals surface area contributed by atoms with Crippen molar-refractivity contribution in [2.75, 3.05) is 0 Å². The van der Waals surface area contributed by atoms with Crippen LogP contribution < -0.4 is 9.47 Å². The Balaban J connectivity index is 1.60. The first kappa shape index (κ1) is 35.2. The normalized spacial score (nSPS) is 12.5. The average molecular weight is 665 g/mol. The summed E-state index contributed by atoms with van der Waals surface area (Å²) in [7, 11) is 0. The number of benzene rings is 4. The predicted octanol–water partition coefficient (Wildman–Crippen LogP) is 11.3. The van der Waals surface area contributed by atoms with Crippen molar-refractivity contribution >= 4 is 11.6 Å². The van der Waals surface area contributed by atoms with E-state index in [1.165, 1.54) is 19.1 Å². The van der Waals surface area contributed by atoms with Crippen LogP contribution in [0.1, 0.15) is 51.4 Å². The molecule has 0 atom stereocenters. The van der Waals surface area contributed by atoms with E-state index < -0.39 is 47.2 Å². The maximum Gasteiger partial charge on any atom is 0.417 e. The third-order valence-corrected chi connectivity index (χ3v) is 7.64. The molecular formula is C36H29F9O2. The highest BCUT2D eigenvalue weighted by Crippen LogP contribution is 2.56. The molecule has 0 saturated heterocycles. The van der Waals surface area contributed by atoms with Gasteiger partial charge in [0.05, 0.1) is 5.56 Å². The van der Waals surface area contributed by atoms with Gasteiger partial charge in [-0.2, -0.15) is 39.5 Å². The Hall–Kier alpha value is -4.67. The number of ether oxygens (including phenoxy) is 2. The molecule has 4 rings (SSSR count). The van der Waals surface area contributed by atoms with Gasteiger partial charge in [-0.3, -0.25) is 0 Å². The van der Waals surface area contributed by atoms with E-state index in [9.17, 15) is 39.5 Å². The van der Waals surface area contributed by atoms with Crippen molar-refractivity contribution in [3.8, 4) is 11.5 Å². The van der Waals surface area contributed by atoms with Crippen LogP contribution in [0.3, 0.4) is 0 Å². The van der Waals surface area contributed by atoms with Gasteiger partial charge in [-0.05, 0) is 83.1 Å². The smallest absolute Gasteiger partial charge is 0.417 e. The van der Waals surface area contributed by atoms with Gasteiger partial charge in [-0.1, -0.05) is 79.4 Å². The van der Waals surface area contributed by atoms with Gasteiger partial charge < -0.3 is 9.47 Å². The largest absolute Gasteiger partial charge is 0.489 e. The van der Waals surface area contributed by atoms with Crippen molar-refractivity contribution in [3.63, 3.8) is 0 Å². The summed E-state index contributed by atoms with van der Waals surface area (Å²) in [6.07, 6.45) is -14.7. The molecule has 0 bridgehead atoms. The first-order valence-corrected chi connectivity index (χ1v) is 14.1. The molecule has 0 saturated carbocycles. The second kappa shape index (κ2) is 13.2. The Bertz CT molecular complexity index is 1720. The summed E-state index contributed by atoms with van der Waals surface area (Å²) in [4.78, 5) is 0. The number of hydrogen-bond acceptors (Lipinski definition) is 2. The third kappa shape index (κ3) is 7.34. The molecule has 0 aromatic heterocycles. The second-order valence-corrected chi connectivity index (χ2v) is 10.9. The fourth-order valence-corrected chi connectivity index (χ4v) is 5.26. The van der Waals surface area contributed by atoms with Gasteiger partial charge in [0.15, 0.2) is 0 Å². The molecule has 0 aliphatic rings. The minimum atomic E-state index is -5.82. The minimum absolute atomic E-state index is 0.0261. The van der Waals surface area contributed by atoms with Gasteiger partial charge >= 0.3 is 18.5 Å². The van der Waals surface area contributed by atoms with E-state index in [2.05, 4.69) is 13.2 Å². The highest BCUT2D eigenvalue weighted by molar-refractivity contribution is 5.65. The molecule has 4 aromatic rings. The molecule has 2 nitrogen and oxygen atoms in total. The van der Waals surface area contributed by atoms with Crippen LogP contribution in [0.2, 0.25) is 0 Å². The molecule has 0 aliphatic carbocycles. The lowest BCUT2D eigenvalue weighted by atomic mass is 9.73. The van der Waals surface area contributed by atoms with Crippen molar-refractivity contribution in [2.24, 2.45) is 0 Å². The predicted molar refractivity (Wildman–Crippen MR) is 162 cm³/mol. The van der Waals surface area contributed by atoms with Crippen LogP contribution in [0.5, 0.6) is 11.5 Å². The van der Waals surface area contributed by atoms with Crippen LogP contribution in [0, 0.1) is 6.92 Å². The molecule has 248 valence electrons. The number of halogens is 9. The lowest BCUT2D eigenvalue weighted by Gasteiger charge is -2.38. The van der Waals surface area contributed by atoms with Gasteiger partial charge in [0, 0.05) is 0 Å². The standard InChI is InChI=1S/C36H29F9O2/c1-5-26-8-6-24(18-23(26)4)20-46-29-13-9-27(10-14-29)33(35(40,41)42,36(43,44)45)28-11-15-30(16-12-28)47-21-25-7-17-31(22(2)3)32(19-25)34(37,38)39/h5-19H,1-2,20-21H2,3-4H3. The van der Waals surface area contributed by atoms with Crippen LogP contribution in [-0.2, 0) is 24.8 Å². The van der Waals surface area contributed by atoms with Gasteiger partial charge in [0.1, 0.15) is 24.7 Å². The Kier molecular flexibility index (Phi) is 9.89. The van der Waals surface area contributed by atoms with Crippen LogP contribution in [0.15, 0.2) is 98.1 Å².